The molecule has 1 atom stereocenters. The summed E-state index contributed by atoms with van der Waals surface area (Å²) in [6.07, 6.45) is 46.8. The summed E-state index contributed by atoms with van der Waals surface area (Å²) in [4.78, 5) is 37.9. The molecular weight excluding hydrogens is 757 g/mol. The first-order valence-corrected chi connectivity index (χ1v) is 27.1. The standard InChI is InChI=1S/C55H106O6/c1-49(2)41-35-29-23-17-15-13-11-9-7-8-10-12-14-16-18-26-32-38-44-53(56)59-47-52(61-55(58)46-40-34-28-22-20-25-31-37-43-51(5)6)48-60-54(57)45-39-33-27-21-19-24-30-36-42-50(3)4/h49-52H,7-48H2,1-6H3/t52-/m1/s1. The molecule has 0 amide bonds. The molecule has 0 N–H and O–H groups in total. The van der Waals surface area contributed by atoms with Crippen LogP contribution in [0.4, 0.5) is 0 Å². The Morgan fingerprint density at radius 2 is 0.475 bits per heavy atom. The van der Waals surface area contributed by atoms with E-state index < -0.39 is 6.10 Å². The van der Waals surface area contributed by atoms with Gasteiger partial charge in [-0.15, -0.1) is 0 Å². The molecule has 0 aromatic rings. The maximum Gasteiger partial charge on any atom is 0.306 e. The first-order valence-electron chi connectivity index (χ1n) is 27.1. The van der Waals surface area contributed by atoms with Gasteiger partial charge in [0.2, 0.25) is 0 Å². The summed E-state index contributed by atoms with van der Waals surface area (Å²) in [6, 6.07) is 0. The summed E-state index contributed by atoms with van der Waals surface area (Å²) in [6.45, 7) is 13.7. The van der Waals surface area contributed by atoms with Crippen LogP contribution in [0.1, 0.15) is 298 Å². The number of hydrogen-bond donors (Lipinski definition) is 0. The highest BCUT2D eigenvalue weighted by atomic mass is 16.6. The summed E-state index contributed by atoms with van der Waals surface area (Å²) < 4.78 is 16.8. The molecule has 6 heteroatoms. The van der Waals surface area contributed by atoms with E-state index >= 15 is 0 Å². The third kappa shape index (κ3) is 49.3. The molecule has 0 fully saturated rings. The molecule has 0 unspecified atom stereocenters. The zero-order chi connectivity index (χ0) is 44.9. The highest BCUT2D eigenvalue weighted by Crippen LogP contribution is 2.18. The molecule has 0 spiro atoms. The Morgan fingerprint density at radius 1 is 0.279 bits per heavy atom. The Kier molecular flexibility index (Phi) is 45.2. The SMILES string of the molecule is CC(C)CCCCCCCCCCCCCCCCCCCCC(=O)OC[C@H](COC(=O)CCCCCCCCCCC(C)C)OC(=O)CCCCCCCCCCC(C)C. The Bertz CT molecular complexity index is 945. The van der Waals surface area contributed by atoms with Gasteiger partial charge in [-0.2, -0.15) is 0 Å². The van der Waals surface area contributed by atoms with Crippen LogP contribution >= 0.6 is 0 Å². The van der Waals surface area contributed by atoms with Gasteiger partial charge in [-0.25, -0.2) is 0 Å². The molecule has 0 heterocycles. The maximum absolute atomic E-state index is 12.8. The van der Waals surface area contributed by atoms with Crippen molar-refractivity contribution in [2.75, 3.05) is 13.2 Å². The van der Waals surface area contributed by atoms with E-state index in [1.165, 1.54) is 180 Å². The van der Waals surface area contributed by atoms with Crippen LogP contribution in [-0.4, -0.2) is 37.2 Å². The lowest BCUT2D eigenvalue weighted by molar-refractivity contribution is -0.167. The first kappa shape index (κ1) is 59.4. The van der Waals surface area contributed by atoms with Gasteiger partial charge in [0.25, 0.3) is 0 Å². The summed E-state index contributed by atoms with van der Waals surface area (Å²) in [5.74, 6) is 1.59. The van der Waals surface area contributed by atoms with Gasteiger partial charge in [-0.05, 0) is 37.0 Å². The van der Waals surface area contributed by atoms with Gasteiger partial charge in [0, 0.05) is 19.3 Å². The number of rotatable bonds is 48. The van der Waals surface area contributed by atoms with Crippen LogP contribution < -0.4 is 0 Å². The van der Waals surface area contributed by atoms with E-state index in [0.29, 0.717) is 19.3 Å². The third-order valence-electron chi connectivity index (χ3n) is 12.4. The Balaban J connectivity index is 4.19. The predicted molar refractivity (Wildman–Crippen MR) is 261 cm³/mol. The molecule has 61 heavy (non-hydrogen) atoms. The van der Waals surface area contributed by atoms with Crippen molar-refractivity contribution in [1.29, 1.82) is 0 Å². The highest BCUT2D eigenvalue weighted by molar-refractivity contribution is 5.71. The lowest BCUT2D eigenvalue weighted by Crippen LogP contribution is -2.30. The van der Waals surface area contributed by atoms with Gasteiger partial charge < -0.3 is 14.2 Å². The van der Waals surface area contributed by atoms with Crippen LogP contribution in [0.2, 0.25) is 0 Å². The third-order valence-corrected chi connectivity index (χ3v) is 12.4. The minimum absolute atomic E-state index is 0.0650. The van der Waals surface area contributed by atoms with Gasteiger partial charge in [0.05, 0.1) is 0 Å². The van der Waals surface area contributed by atoms with Crippen molar-refractivity contribution in [2.24, 2.45) is 17.8 Å². The van der Waals surface area contributed by atoms with Gasteiger partial charge >= 0.3 is 17.9 Å². The van der Waals surface area contributed by atoms with Crippen LogP contribution in [0.15, 0.2) is 0 Å². The molecule has 0 radical (unpaired) electrons. The van der Waals surface area contributed by atoms with Gasteiger partial charge in [0.1, 0.15) is 13.2 Å². The highest BCUT2D eigenvalue weighted by Gasteiger charge is 2.19. The Hall–Kier alpha value is -1.59. The first-order chi connectivity index (χ1) is 29.6. The van der Waals surface area contributed by atoms with E-state index in [4.69, 9.17) is 14.2 Å². The number of unbranched alkanes of at least 4 members (excludes halogenated alkanes) is 31. The van der Waals surface area contributed by atoms with E-state index in [9.17, 15) is 14.4 Å². The van der Waals surface area contributed by atoms with E-state index in [1.807, 2.05) is 0 Å². The lowest BCUT2D eigenvalue weighted by atomic mass is 10.0. The summed E-state index contributed by atoms with van der Waals surface area (Å²) in [5.41, 5.74) is 0. The Morgan fingerprint density at radius 3 is 0.705 bits per heavy atom. The minimum Gasteiger partial charge on any atom is -0.462 e. The topological polar surface area (TPSA) is 78.9 Å². The molecule has 0 aliphatic carbocycles. The summed E-state index contributed by atoms with van der Waals surface area (Å²) >= 11 is 0. The second kappa shape index (κ2) is 46.4. The van der Waals surface area contributed by atoms with Crippen molar-refractivity contribution >= 4 is 17.9 Å². The van der Waals surface area contributed by atoms with E-state index in [-0.39, 0.29) is 31.1 Å². The number of hydrogen-bond acceptors (Lipinski definition) is 6. The second-order valence-corrected chi connectivity index (χ2v) is 20.3. The monoisotopic (exact) mass is 863 g/mol. The quantitative estimate of drug-likeness (QED) is 0.0344. The molecule has 0 bridgehead atoms. The van der Waals surface area contributed by atoms with Crippen LogP contribution in [0, 0.1) is 17.8 Å². The van der Waals surface area contributed by atoms with Crippen LogP contribution in [0.5, 0.6) is 0 Å². The normalized spacial score (nSPS) is 12.1. The number of carbonyl (C=O) groups is 3. The lowest BCUT2D eigenvalue weighted by Gasteiger charge is -2.18. The molecule has 6 nitrogen and oxygen atoms in total. The van der Waals surface area contributed by atoms with Crippen molar-refractivity contribution in [3.8, 4) is 0 Å². The molecule has 0 aromatic carbocycles. The molecule has 0 saturated heterocycles. The van der Waals surface area contributed by atoms with Gasteiger partial charge in [-0.1, -0.05) is 260 Å². The largest absolute Gasteiger partial charge is 0.462 e. The number of esters is 3. The fraction of sp³-hybridized carbons (Fsp3) is 0.945. The van der Waals surface area contributed by atoms with Crippen LogP contribution in [-0.2, 0) is 28.6 Å². The summed E-state index contributed by atoms with van der Waals surface area (Å²) in [7, 11) is 0. The second-order valence-electron chi connectivity index (χ2n) is 20.3. The zero-order valence-corrected chi connectivity index (χ0v) is 42.0. The van der Waals surface area contributed by atoms with Crippen molar-refractivity contribution in [3.63, 3.8) is 0 Å². The number of carbonyl (C=O) groups excluding carboxylic acids is 3. The van der Waals surface area contributed by atoms with E-state index in [1.54, 1.807) is 0 Å². The van der Waals surface area contributed by atoms with Crippen molar-refractivity contribution in [1.82, 2.24) is 0 Å². The van der Waals surface area contributed by atoms with E-state index in [0.717, 1.165) is 75.5 Å². The Labute approximate surface area is 380 Å². The van der Waals surface area contributed by atoms with Gasteiger partial charge in [0.15, 0.2) is 6.10 Å². The average molecular weight is 863 g/mol. The minimum atomic E-state index is -0.763. The molecule has 0 aromatic heterocycles. The van der Waals surface area contributed by atoms with Crippen LogP contribution in [0.3, 0.4) is 0 Å². The summed E-state index contributed by atoms with van der Waals surface area (Å²) in [5, 5.41) is 0. The average Bonchev–Trinajstić information content (AvgIpc) is 3.22. The van der Waals surface area contributed by atoms with E-state index in [2.05, 4.69) is 41.5 Å². The maximum atomic E-state index is 12.8. The van der Waals surface area contributed by atoms with Crippen molar-refractivity contribution in [3.05, 3.63) is 0 Å². The predicted octanol–water partition coefficient (Wildman–Crippen LogP) is 17.6. The molecule has 0 aliphatic heterocycles. The molecular formula is C55H106O6. The van der Waals surface area contributed by atoms with Crippen LogP contribution in [0.25, 0.3) is 0 Å². The van der Waals surface area contributed by atoms with Crippen molar-refractivity contribution in [2.45, 2.75) is 304 Å². The smallest absolute Gasteiger partial charge is 0.306 e. The molecule has 0 saturated carbocycles. The molecule has 0 aliphatic rings. The fourth-order valence-corrected chi connectivity index (χ4v) is 8.29. The fourth-order valence-electron chi connectivity index (χ4n) is 8.29. The molecule has 0 rings (SSSR count). The number of ether oxygens (including phenoxy) is 3. The van der Waals surface area contributed by atoms with Crippen molar-refractivity contribution < 1.29 is 28.6 Å². The molecule has 362 valence electrons. The zero-order valence-electron chi connectivity index (χ0n) is 42.0. The van der Waals surface area contributed by atoms with Gasteiger partial charge in [-0.3, -0.25) is 14.4 Å².